The van der Waals surface area contributed by atoms with Gasteiger partial charge in [0.05, 0.1) is 12.6 Å². The number of nitrogens with one attached hydrogen (secondary N) is 3. The molecule has 170 valence electrons. The van der Waals surface area contributed by atoms with Crippen LogP contribution in [0.5, 0.6) is 5.75 Å². The van der Waals surface area contributed by atoms with E-state index in [0.29, 0.717) is 17.9 Å². The van der Waals surface area contributed by atoms with Crippen LogP contribution in [0, 0.1) is 0 Å². The van der Waals surface area contributed by atoms with Crippen LogP contribution in [-0.2, 0) is 4.79 Å². The van der Waals surface area contributed by atoms with Gasteiger partial charge in [0.1, 0.15) is 12.4 Å². The molecular formula is C27H29N3O3. The van der Waals surface area contributed by atoms with E-state index in [-0.39, 0.29) is 24.4 Å². The summed E-state index contributed by atoms with van der Waals surface area (Å²) >= 11 is 0. The van der Waals surface area contributed by atoms with Gasteiger partial charge in [-0.05, 0) is 73.5 Å². The first-order valence-corrected chi connectivity index (χ1v) is 10.8. The second kappa shape index (κ2) is 11.5. The monoisotopic (exact) mass is 443 g/mol. The van der Waals surface area contributed by atoms with Crippen molar-refractivity contribution in [3.05, 3.63) is 102 Å². The highest BCUT2D eigenvalue weighted by atomic mass is 16.5. The first kappa shape index (κ1) is 23.6. The van der Waals surface area contributed by atoms with Crippen molar-refractivity contribution in [2.75, 3.05) is 23.8 Å². The predicted molar refractivity (Wildman–Crippen MR) is 133 cm³/mol. The van der Waals surface area contributed by atoms with Crippen LogP contribution in [0.1, 0.15) is 35.8 Å². The second-order valence-electron chi connectivity index (χ2n) is 7.86. The number of rotatable bonds is 10. The van der Waals surface area contributed by atoms with Crippen molar-refractivity contribution in [1.82, 2.24) is 5.32 Å². The van der Waals surface area contributed by atoms with Crippen LogP contribution in [0.25, 0.3) is 0 Å². The molecule has 3 aromatic carbocycles. The lowest BCUT2D eigenvalue weighted by atomic mass is 10.1. The number of amides is 2. The van der Waals surface area contributed by atoms with Crippen LogP contribution in [0.2, 0.25) is 0 Å². The van der Waals surface area contributed by atoms with E-state index in [1.54, 1.807) is 24.3 Å². The topological polar surface area (TPSA) is 79.5 Å². The van der Waals surface area contributed by atoms with E-state index in [4.69, 9.17) is 4.74 Å². The summed E-state index contributed by atoms with van der Waals surface area (Å²) in [6, 6.07) is 23.9. The molecule has 0 fully saturated rings. The molecule has 0 aliphatic heterocycles. The molecule has 33 heavy (non-hydrogen) atoms. The summed E-state index contributed by atoms with van der Waals surface area (Å²) in [5.74, 6) is 0.393. The van der Waals surface area contributed by atoms with Gasteiger partial charge in [0.2, 0.25) is 5.91 Å². The van der Waals surface area contributed by atoms with E-state index in [2.05, 4.69) is 22.5 Å². The highest BCUT2D eigenvalue weighted by Crippen LogP contribution is 2.17. The third kappa shape index (κ3) is 7.54. The molecule has 1 atom stereocenters. The fourth-order valence-electron chi connectivity index (χ4n) is 3.07. The molecule has 0 saturated heterocycles. The number of hydrogen-bond acceptors (Lipinski definition) is 4. The fraction of sp³-hybridized carbons (Fsp3) is 0.185. The molecular weight excluding hydrogens is 414 g/mol. The molecule has 0 heterocycles. The lowest BCUT2D eigenvalue weighted by Gasteiger charge is -2.14. The summed E-state index contributed by atoms with van der Waals surface area (Å²) in [5, 5.41) is 8.87. The highest BCUT2D eigenvalue weighted by Gasteiger charge is 2.11. The van der Waals surface area contributed by atoms with Crippen LogP contribution in [0.4, 0.5) is 11.4 Å². The average Bonchev–Trinajstić information content (AvgIpc) is 2.83. The maximum atomic E-state index is 12.5. The summed E-state index contributed by atoms with van der Waals surface area (Å²) in [7, 11) is 0. The van der Waals surface area contributed by atoms with Crippen LogP contribution in [-0.4, -0.2) is 25.0 Å². The summed E-state index contributed by atoms with van der Waals surface area (Å²) in [6.45, 7) is 8.24. The van der Waals surface area contributed by atoms with Crippen molar-refractivity contribution < 1.29 is 14.3 Å². The number of ether oxygens (including phenoxy) is 1. The van der Waals surface area contributed by atoms with Crippen molar-refractivity contribution in [3.8, 4) is 5.75 Å². The normalized spacial score (nSPS) is 11.2. The van der Waals surface area contributed by atoms with Crippen molar-refractivity contribution >= 4 is 23.2 Å². The third-order valence-corrected chi connectivity index (χ3v) is 4.87. The Labute approximate surface area is 194 Å². The molecule has 6 nitrogen and oxygen atoms in total. The van der Waals surface area contributed by atoms with Crippen molar-refractivity contribution in [1.29, 1.82) is 0 Å². The first-order valence-electron chi connectivity index (χ1n) is 10.8. The zero-order chi connectivity index (χ0) is 23.6. The number of carbonyl (C=O) groups is 2. The van der Waals surface area contributed by atoms with E-state index >= 15 is 0 Å². The van der Waals surface area contributed by atoms with Gasteiger partial charge in [-0.25, -0.2) is 0 Å². The Balaban J connectivity index is 1.45. The van der Waals surface area contributed by atoms with Gasteiger partial charge in [-0.1, -0.05) is 36.9 Å². The minimum absolute atomic E-state index is 0.101. The molecule has 6 heteroatoms. The Hall–Kier alpha value is -4.06. The Morgan fingerprint density at radius 3 is 2.18 bits per heavy atom. The molecule has 2 amide bonds. The van der Waals surface area contributed by atoms with E-state index in [9.17, 15) is 9.59 Å². The zero-order valence-electron chi connectivity index (χ0n) is 18.9. The Morgan fingerprint density at radius 1 is 0.909 bits per heavy atom. The average molecular weight is 444 g/mol. The zero-order valence-corrected chi connectivity index (χ0v) is 18.9. The maximum Gasteiger partial charge on any atom is 0.251 e. The largest absolute Gasteiger partial charge is 0.489 e. The summed E-state index contributed by atoms with van der Waals surface area (Å²) < 4.78 is 5.56. The van der Waals surface area contributed by atoms with Gasteiger partial charge in [-0.15, -0.1) is 0 Å². The molecule has 1 unspecified atom stereocenters. The van der Waals surface area contributed by atoms with Crippen LogP contribution in [0.15, 0.2) is 91.0 Å². The van der Waals surface area contributed by atoms with Crippen LogP contribution < -0.4 is 20.7 Å². The number of benzene rings is 3. The van der Waals surface area contributed by atoms with Gasteiger partial charge in [0, 0.05) is 16.9 Å². The van der Waals surface area contributed by atoms with Crippen molar-refractivity contribution in [2.45, 2.75) is 19.9 Å². The number of carbonyl (C=O) groups excluding carboxylic acids is 2. The quantitative estimate of drug-likeness (QED) is 0.377. The molecule has 3 aromatic rings. The third-order valence-electron chi connectivity index (χ3n) is 4.87. The standard InChI is InChI=1S/C27H29N3O3/c1-19(2)18-33-25-15-13-23(14-16-25)28-17-26(31)30-24-11-9-22(10-12-24)27(32)29-20(3)21-7-5-4-6-8-21/h4-16,20,28H,1,17-18H2,2-3H3,(H,29,32)(H,30,31). The molecule has 0 spiro atoms. The molecule has 0 radical (unpaired) electrons. The highest BCUT2D eigenvalue weighted by molar-refractivity contribution is 5.96. The van der Waals surface area contributed by atoms with Crippen LogP contribution in [0.3, 0.4) is 0 Å². The first-order chi connectivity index (χ1) is 15.9. The Kier molecular flexibility index (Phi) is 8.24. The van der Waals surface area contributed by atoms with E-state index in [0.717, 1.165) is 22.6 Å². The van der Waals surface area contributed by atoms with Crippen molar-refractivity contribution in [2.24, 2.45) is 0 Å². The van der Waals surface area contributed by atoms with Gasteiger partial charge in [-0.3, -0.25) is 9.59 Å². The predicted octanol–water partition coefficient (Wildman–Crippen LogP) is 5.18. The SMILES string of the molecule is C=C(C)COc1ccc(NCC(=O)Nc2ccc(C(=O)NC(C)c3ccccc3)cc2)cc1. The molecule has 0 aromatic heterocycles. The Morgan fingerprint density at radius 2 is 1.55 bits per heavy atom. The molecule has 0 bridgehead atoms. The lowest BCUT2D eigenvalue weighted by Crippen LogP contribution is -2.26. The lowest BCUT2D eigenvalue weighted by molar-refractivity contribution is -0.114. The fourth-order valence-corrected chi connectivity index (χ4v) is 3.07. The summed E-state index contributed by atoms with van der Waals surface area (Å²) in [6.07, 6.45) is 0. The molecule has 0 aliphatic carbocycles. The van der Waals surface area contributed by atoms with Gasteiger partial charge < -0.3 is 20.7 Å². The smallest absolute Gasteiger partial charge is 0.251 e. The Bertz CT molecular complexity index is 1080. The summed E-state index contributed by atoms with van der Waals surface area (Å²) in [4.78, 5) is 24.8. The maximum absolute atomic E-state index is 12.5. The molecule has 0 aliphatic rings. The molecule has 3 N–H and O–H groups in total. The van der Waals surface area contributed by atoms with E-state index in [1.165, 1.54) is 0 Å². The number of hydrogen-bond donors (Lipinski definition) is 3. The van der Waals surface area contributed by atoms with Gasteiger partial charge in [-0.2, -0.15) is 0 Å². The second-order valence-corrected chi connectivity index (χ2v) is 7.86. The van der Waals surface area contributed by atoms with Crippen molar-refractivity contribution in [3.63, 3.8) is 0 Å². The minimum atomic E-state index is -0.187. The van der Waals surface area contributed by atoms with E-state index in [1.807, 2.05) is 68.4 Å². The molecule has 0 saturated carbocycles. The van der Waals surface area contributed by atoms with Crippen LogP contribution >= 0.6 is 0 Å². The number of anilines is 2. The summed E-state index contributed by atoms with van der Waals surface area (Å²) in [5.41, 5.74) is 3.95. The van der Waals surface area contributed by atoms with Gasteiger partial charge in [0.25, 0.3) is 5.91 Å². The van der Waals surface area contributed by atoms with Gasteiger partial charge >= 0.3 is 0 Å². The molecule has 3 rings (SSSR count). The minimum Gasteiger partial charge on any atom is -0.489 e. The van der Waals surface area contributed by atoms with Gasteiger partial charge in [0.15, 0.2) is 0 Å². The van der Waals surface area contributed by atoms with E-state index < -0.39 is 0 Å².